The molecule has 0 aromatic heterocycles. The lowest BCUT2D eigenvalue weighted by molar-refractivity contribution is -0.132. The van der Waals surface area contributed by atoms with Gasteiger partial charge in [0.2, 0.25) is 5.91 Å². The van der Waals surface area contributed by atoms with E-state index in [1.165, 1.54) is 30.4 Å². The minimum Gasteiger partial charge on any atom is -0.343 e. The molecule has 0 radical (unpaired) electrons. The van der Waals surface area contributed by atoms with Gasteiger partial charge in [-0.3, -0.25) is 4.79 Å². The van der Waals surface area contributed by atoms with E-state index in [0.717, 1.165) is 32.5 Å². The highest BCUT2D eigenvalue weighted by Gasteiger charge is 2.22. The maximum Gasteiger partial charge on any atom is 0.222 e. The highest BCUT2D eigenvalue weighted by atomic mass is 16.2. The second kappa shape index (κ2) is 6.40. The third-order valence-electron chi connectivity index (χ3n) is 4.57. The number of carbonyl (C=O) groups excluding carboxylic acids is 1. The number of likely N-dealkylation sites (tertiary alicyclic amines) is 1. The number of amides is 1. The monoisotopic (exact) mass is 272 g/mol. The standard InChI is InChI=1S/C17H24N2O/c20-17(19-12-4-1-5-13-19)9-8-16-15-7-3-2-6-14(15)10-11-18-16/h2-3,6-7,16,18H,1,4-5,8-13H2. The minimum atomic E-state index is 0.342. The molecule has 2 aliphatic rings. The van der Waals surface area contributed by atoms with Gasteiger partial charge in [-0.15, -0.1) is 0 Å². The SMILES string of the molecule is O=C(CCC1NCCc2ccccc21)N1CCCCC1. The van der Waals surface area contributed by atoms with E-state index in [2.05, 4.69) is 34.5 Å². The first-order chi connectivity index (χ1) is 9.84. The van der Waals surface area contributed by atoms with E-state index in [9.17, 15) is 4.79 Å². The zero-order valence-electron chi connectivity index (χ0n) is 12.1. The Morgan fingerprint density at radius 3 is 2.85 bits per heavy atom. The van der Waals surface area contributed by atoms with Crippen molar-refractivity contribution >= 4 is 5.91 Å². The molecule has 1 atom stereocenters. The summed E-state index contributed by atoms with van der Waals surface area (Å²) < 4.78 is 0. The molecule has 2 heterocycles. The van der Waals surface area contributed by atoms with E-state index in [1.54, 1.807) is 0 Å². The molecule has 1 unspecified atom stereocenters. The third kappa shape index (κ3) is 3.04. The van der Waals surface area contributed by atoms with Crippen LogP contribution in [0.1, 0.15) is 49.3 Å². The van der Waals surface area contributed by atoms with Crippen LogP contribution in [0.3, 0.4) is 0 Å². The summed E-state index contributed by atoms with van der Waals surface area (Å²) in [6.07, 6.45) is 6.33. The van der Waals surface area contributed by atoms with Crippen molar-refractivity contribution in [1.29, 1.82) is 0 Å². The van der Waals surface area contributed by atoms with Crippen LogP contribution < -0.4 is 5.32 Å². The summed E-state index contributed by atoms with van der Waals surface area (Å²) in [6, 6.07) is 8.99. The third-order valence-corrected chi connectivity index (χ3v) is 4.57. The predicted molar refractivity (Wildman–Crippen MR) is 80.6 cm³/mol. The second-order valence-corrected chi connectivity index (χ2v) is 5.94. The lowest BCUT2D eigenvalue weighted by Gasteiger charge is -2.29. The molecule has 1 amide bonds. The summed E-state index contributed by atoms with van der Waals surface area (Å²) >= 11 is 0. The van der Waals surface area contributed by atoms with Crippen molar-refractivity contribution < 1.29 is 4.79 Å². The summed E-state index contributed by atoms with van der Waals surface area (Å²) in [5.74, 6) is 0.342. The van der Waals surface area contributed by atoms with E-state index < -0.39 is 0 Å². The fraction of sp³-hybridized carbons (Fsp3) is 0.588. The Kier molecular flexibility index (Phi) is 4.36. The van der Waals surface area contributed by atoms with Gasteiger partial charge in [-0.25, -0.2) is 0 Å². The fourth-order valence-electron chi connectivity index (χ4n) is 3.42. The Balaban J connectivity index is 1.57. The highest BCUT2D eigenvalue weighted by molar-refractivity contribution is 5.76. The molecule has 2 aliphatic heterocycles. The second-order valence-electron chi connectivity index (χ2n) is 5.94. The van der Waals surface area contributed by atoms with Crippen molar-refractivity contribution in [1.82, 2.24) is 10.2 Å². The predicted octanol–water partition coefficient (Wildman–Crippen LogP) is 2.67. The Morgan fingerprint density at radius 2 is 2.00 bits per heavy atom. The van der Waals surface area contributed by atoms with Gasteiger partial charge in [0.25, 0.3) is 0 Å². The molecule has 0 saturated carbocycles. The molecule has 1 fully saturated rings. The van der Waals surface area contributed by atoms with Crippen LogP contribution in [0.5, 0.6) is 0 Å². The Hall–Kier alpha value is -1.35. The topological polar surface area (TPSA) is 32.3 Å². The average molecular weight is 272 g/mol. The lowest BCUT2D eigenvalue weighted by atomic mass is 9.91. The Labute approximate surface area is 121 Å². The number of benzene rings is 1. The quantitative estimate of drug-likeness (QED) is 0.917. The van der Waals surface area contributed by atoms with Gasteiger partial charge in [-0.2, -0.15) is 0 Å². The molecular formula is C17H24N2O. The molecule has 3 nitrogen and oxygen atoms in total. The van der Waals surface area contributed by atoms with Crippen LogP contribution in [0.4, 0.5) is 0 Å². The number of nitrogens with one attached hydrogen (secondary N) is 1. The summed E-state index contributed by atoms with van der Waals surface area (Å²) in [5.41, 5.74) is 2.84. The number of fused-ring (bicyclic) bond motifs is 1. The smallest absolute Gasteiger partial charge is 0.222 e. The van der Waals surface area contributed by atoms with Gasteiger partial charge in [0.15, 0.2) is 0 Å². The van der Waals surface area contributed by atoms with Crippen LogP contribution in [0.15, 0.2) is 24.3 Å². The van der Waals surface area contributed by atoms with Gasteiger partial charge in [0.1, 0.15) is 0 Å². The van der Waals surface area contributed by atoms with E-state index >= 15 is 0 Å². The van der Waals surface area contributed by atoms with Gasteiger partial charge in [-0.05, 0) is 49.8 Å². The van der Waals surface area contributed by atoms with Gasteiger partial charge in [0.05, 0.1) is 0 Å². The van der Waals surface area contributed by atoms with Crippen LogP contribution in [0.25, 0.3) is 0 Å². The summed E-state index contributed by atoms with van der Waals surface area (Å²) in [4.78, 5) is 14.3. The first-order valence-electron chi connectivity index (χ1n) is 7.93. The Morgan fingerprint density at radius 1 is 1.20 bits per heavy atom. The van der Waals surface area contributed by atoms with E-state index in [4.69, 9.17) is 0 Å². The maximum atomic E-state index is 12.3. The van der Waals surface area contributed by atoms with Crippen molar-refractivity contribution in [2.45, 2.75) is 44.6 Å². The number of nitrogens with zero attached hydrogens (tertiary/aromatic N) is 1. The largest absolute Gasteiger partial charge is 0.343 e. The normalized spacial score (nSPS) is 22.4. The van der Waals surface area contributed by atoms with Crippen LogP contribution in [0, 0.1) is 0 Å². The van der Waals surface area contributed by atoms with Gasteiger partial charge < -0.3 is 10.2 Å². The number of rotatable bonds is 3. The van der Waals surface area contributed by atoms with Crippen molar-refractivity contribution in [2.24, 2.45) is 0 Å². The molecular weight excluding hydrogens is 248 g/mol. The van der Waals surface area contributed by atoms with E-state index in [1.807, 2.05) is 0 Å². The molecule has 1 saturated heterocycles. The van der Waals surface area contributed by atoms with Gasteiger partial charge in [0, 0.05) is 25.6 Å². The molecule has 3 heteroatoms. The average Bonchev–Trinajstić information content (AvgIpc) is 2.53. The molecule has 20 heavy (non-hydrogen) atoms. The summed E-state index contributed by atoms with van der Waals surface area (Å²) in [6.45, 7) is 2.96. The van der Waals surface area contributed by atoms with Crippen molar-refractivity contribution in [2.75, 3.05) is 19.6 Å². The van der Waals surface area contributed by atoms with Crippen molar-refractivity contribution in [3.63, 3.8) is 0 Å². The van der Waals surface area contributed by atoms with Gasteiger partial charge in [-0.1, -0.05) is 24.3 Å². The summed E-state index contributed by atoms with van der Waals surface area (Å²) in [7, 11) is 0. The first-order valence-corrected chi connectivity index (χ1v) is 7.93. The van der Waals surface area contributed by atoms with E-state index in [0.29, 0.717) is 18.4 Å². The number of piperidine rings is 1. The zero-order valence-corrected chi connectivity index (χ0v) is 12.1. The van der Waals surface area contributed by atoms with Crippen molar-refractivity contribution in [3.8, 4) is 0 Å². The fourth-order valence-corrected chi connectivity index (χ4v) is 3.42. The van der Waals surface area contributed by atoms with Crippen LogP contribution in [0.2, 0.25) is 0 Å². The van der Waals surface area contributed by atoms with Crippen LogP contribution in [-0.2, 0) is 11.2 Å². The molecule has 1 N–H and O–H groups in total. The van der Waals surface area contributed by atoms with E-state index in [-0.39, 0.29) is 0 Å². The summed E-state index contributed by atoms with van der Waals surface area (Å²) in [5, 5.41) is 3.56. The van der Waals surface area contributed by atoms with Crippen LogP contribution in [-0.4, -0.2) is 30.4 Å². The Bertz CT molecular complexity index is 466. The molecule has 0 spiro atoms. The lowest BCUT2D eigenvalue weighted by Crippen LogP contribution is -2.36. The highest BCUT2D eigenvalue weighted by Crippen LogP contribution is 2.26. The molecule has 0 aliphatic carbocycles. The first kappa shape index (κ1) is 13.6. The molecule has 1 aromatic rings. The minimum absolute atomic E-state index is 0.342. The molecule has 108 valence electrons. The number of carbonyl (C=O) groups is 1. The number of hydrogen-bond donors (Lipinski definition) is 1. The number of hydrogen-bond acceptors (Lipinski definition) is 2. The molecule has 3 rings (SSSR count). The molecule has 0 bridgehead atoms. The molecule has 1 aromatic carbocycles. The zero-order chi connectivity index (χ0) is 13.8. The van der Waals surface area contributed by atoms with Crippen LogP contribution >= 0.6 is 0 Å². The van der Waals surface area contributed by atoms with Gasteiger partial charge >= 0.3 is 0 Å². The van der Waals surface area contributed by atoms with Crippen molar-refractivity contribution in [3.05, 3.63) is 35.4 Å². The maximum absolute atomic E-state index is 12.3.